The van der Waals surface area contributed by atoms with Crippen LogP contribution >= 0.6 is 0 Å². The van der Waals surface area contributed by atoms with Crippen molar-refractivity contribution in [3.63, 3.8) is 0 Å². The van der Waals surface area contributed by atoms with Crippen molar-refractivity contribution in [3.05, 3.63) is 34.9 Å². The summed E-state index contributed by atoms with van der Waals surface area (Å²) in [5.41, 5.74) is 2.00. The summed E-state index contributed by atoms with van der Waals surface area (Å²) in [4.78, 5) is 24.1. The molecule has 2 amide bonds. The fourth-order valence-corrected chi connectivity index (χ4v) is 2.88. The number of imide groups is 1. The molecule has 4 heteroatoms. The van der Waals surface area contributed by atoms with Crippen LogP contribution in [0.1, 0.15) is 34.3 Å². The van der Waals surface area contributed by atoms with Crippen molar-refractivity contribution in [3.8, 4) is 0 Å². The van der Waals surface area contributed by atoms with E-state index in [9.17, 15) is 9.59 Å². The number of hydrogen-bond acceptors (Lipinski definition) is 3. The van der Waals surface area contributed by atoms with E-state index in [1.807, 2.05) is 25.1 Å². The van der Waals surface area contributed by atoms with Gasteiger partial charge in [-0.1, -0.05) is 17.7 Å². The van der Waals surface area contributed by atoms with Crippen molar-refractivity contribution >= 4 is 11.8 Å². The highest BCUT2D eigenvalue weighted by Crippen LogP contribution is 2.39. The average Bonchev–Trinajstić information content (AvgIpc) is 2.37. The molecule has 2 heterocycles. The Bertz CT molecular complexity index is 530. The van der Waals surface area contributed by atoms with Crippen LogP contribution in [0, 0.1) is 6.92 Å². The van der Waals surface area contributed by atoms with E-state index in [0.717, 1.165) is 11.1 Å². The Kier molecular flexibility index (Phi) is 2.48. The van der Waals surface area contributed by atoms with Gasteiger partial charge < -0.3 is 4.74 Å². The zero-order valence-corrected chi connectivity index (χ0v) is 10.3. The fourth-order valence-electron chi connectivity index (χ4n) is 2.88. The Morgan fingerprint density at radius 2 is 1.94 bits per heavy atom. The van der Waals surface area contributed by atoms with Crippen LogP contribution in [0.4, 0.5) is 0 Å². The predicted octanol–water partition coefficient (Wildman–Crippen LogP) is 1.31. The van der Waals surface area contributed by atoms with E-state index in [4.69, 9.17) is 4.74 Å². The maximum absolute atomic E-state index is 12.3. The quantitative estimate of drug-likeness (QED) is 0.701. The second-order valence-corrected chi connectivity index (χ2v) is 5.03. The number of amides is 2. The molecule has 0 atom stereocenters. The van der Waals surface area contributed by atoms with E-state index in [-0.39, 0.29) is 11.8 Å². The molecule has 2 aliphatic heterocycles. The van der Waals surface area contributed by atoms with E-state index < -0.39 is 5.41 Å². The van der Waals surface area contributed by atoms with Crippen LogP contribution in [-0.2, 0) is 14.9 Å². The Morgan fingerprint density at radius 3 is 2.67 bits per heavy atom. The number of hydrogen-bond donors (Lipinski definition) is 1. The van der Waals surface area contributed by atoms with Gasteiger partial charge in [0.1, 0.15) is 0 Å². The number of benzene rings is 1. The maximum atomic E-state index is 12.3. The molecule has 2 aliphatic rings. The molecule has 0 saturated carbocycles. The molecule has 0 aliphatic carbocycles. The molecule has 94 valence electrons. The average molecular weight is 245 g/mol. The van der Waals surface area contributed by atoms with Crippen molar-refractivity contribution in [1.29, 1.82) is 0 Å². The zero-order valence-electron chi connectivity index (χ0n) is 10.3. The third-order valence-corrected chi connectivity index (χ3v) is 3.94. The lowest BCUT2D eigenvalue weighted by atomic mass is 9.69. The van der Waals surface area contributed by atoms with Gasteiger partial charge in [0.2, 0.25) is 5.91 Å². The molecular formula is C14H15NO3. The predicted molar refractivity (Wildman–Crippen MR) is 65.4 cm³/mol. The van der Waals surface area contributed by atoms with Crippen LogP contribution in [-0.4, -0.2) is 25.0 Å². The van der Waals surface area contributed by atoms with Crippen LogP contribution in [0.25, 0.3) is 0 Å². The molecule has 1 N–H and O–H groups in total. The van der Waals surface area contributed by atoms with Gasteiger partial charge in [-0.15, -0.1) is 0 Å². The van der Waals surface area contributed by atoms with Gasteiger partial charge in [-0.3, -0.25) is 14.9 Å². The first-order valence-electron chi connectivity index (χ1n) is 6.18. The molecule has 18 heavy (non-hydrogen) atoms. The highest BCUT2D eigenvalue weighted by Gasteiger charge is 2.47. The van der Waals surface area contributed by atoms with Crippen molar-refractivity contribution in [2.24, 2.45) is 0 Å². The monoisotopic (exact) mass is 245 g/mol. The largest absolute Gasteiger partial charge is 0.381 e. The molecule has 1 fully saturated rings. The molecule has 0 aromatic heterocycles. The lowest BCUT2D eigenvalue weighted by molar-refractivity contribution is -0.129. The van der Waals surface area contributed by atoms with Gasteiger partial charge in [-0.2, -0.15) is 0 Å². The fraction of sp³-hybridized carbons (Fsp3) is 0.429. The van der Waals surface area contributed by atoms with Gasteiger partial charge in [0.15, 0.2) is 0 Å². The Labute approximate surface area is 105 Å². The number of aryl methyl sites for hydroxylation is 1. The van der Waals surface area contributed by atoms with Gasteiger partial charge in [0.05, 0.1) is 5.41 Å². The third-order valence-electron chi connectivity index (χ3n) is 3.94. The molecule has 4 nitrogen and oxygen atoms in total. The maximum Gasteiger partial charge on any atom is 0.258 e. The summed E-state index contributed by atoms with van der Waals surface area (Å²) < 4.78 is 5.35. The molecule has 0 bridgehead atoms. The van der Waals surface area contributed by atoms with E-state index >= 15 is 0 Å². The van der Waals surface area contributed by atoms with Crippen LogP contribution < -0.4 is 5.32 Å². The first kappa shape index (κ1) is 11.4. The number of carbonyl (C=O) groups excluding carboxylic acids is 2. The van der Waals surface area contributed by atoms with Gasteiger partial charge in [-0.05, 0) is 31.4 Å². The molecule has 0 radical (unpaired) electrons. The standard InChI is InChI=1S/C14H15NO3/c1-9-2-3-10-11(8-9)14(4-6-18-7-5-14)13(17)15-12(10)16/h2-3,8H,4-7H2,1H3,(H,15,16,17). The summed E-state index contributed by atoms with van der Waals surface area (Å²) in [5.74, 6) is -0.457. The minimum atomic E-state index is -0.576. The van der Waals surface area contributed by atoms with Gasteiger partial charge in [0, 0.05) is 18.8 Å². The van der Waals surface area contributed by atoms with Crippen LogP contribution in [0.3, 0.4) is 0 Å². The van der Waals surface area contributed by atoms with Crippen molar-refractivity contribution < 1.29 is 14.3 Å². The molecule has 1 saturated heterocycles. The summed E-state index contributed by atoms with van der Waals surface area (Å²) in [5, 5.41) is 2.48. The number of carbonyl (C=O) groups is 2. The van der Waals surface area contributed by atoms with E-state index in [2.05, 4.69) is 5.32 Å². The SMILES string of the molecule is Cc1ccc2c(c1)C1(CCOCC1)C(=O)NC2=O. The molecule has 1 spiro atoms. The normalized spacial score (nSPS) is 21.6. The lowest BCUT2D eigenvalue weighted by Gasteiger charge is -2.39. The first-order chi connectivity index (χ1) is 8.63. The van der Waals surface area contributed by atoms with Crippen molar-refractivity contribution in [2.45, 2.75) is 25.2 Å². The molecule has 1 aromatic rings. The van der Waals surface area contributed by atoms with Gasteiger partial charge >= 0.3 is 0 Å². The van der Waals surface area contributed by atoms with Gasteiger partial charge in [-0.25, -0.2) is 0 Å². The molecule has 3 rings (SSSR count). The molecule has 0 unspecified atom stereocenters. The third kappa shape index (κ3) is 1.49. The number of fused-ring (bicyclic) bond motifs is 2. The Balaban J connectivity index is 2.20. The second-order valence-electron chi connectivity index (χ2n) is 5.03. The summed E-state index contributed by atoms with van der Waals surface area (Å²) in [7, 11) is 0. The highest BCUT2D eigenvalue weighted by atomic mass is 16.5. The number of nitrogens with one attached hydrogen (secondary N) is 1. The molecular weight excluding hydrogens is 230 g/mol. The Morgan fingerprint density at radius 1 is 1.22 bits per heavy atom. The lowest BCUT2D eigenvalue weighted by Crippen LogP contribution is -2.54. The topological polar surface area (TPSA) is 55.4 Å². The summed E-state index contributed by atoms with van der Waals surface area (Å²) in [6.07, 6.45) is 1.28. The van der Waals surface area contributed by atoms with Crippen LogP contribution in [0.2, 0.25) is 0 Å². The number of rotatable bonds is 0. The minimum Gasteiger partial charge on any atom is -0.381 e. The van der Waals surface area contributed by atoms with E-state index in [0.29, 0.717) is 31.6 Å². The summed E-state index contributed by atoms with van der Waals surface area (Å²) in [6, 6.07) is 5.68. The highest BCUT2D eigenvalue weighted by molar-refractivity contribution is 6.13. The smallest absolute Gasteiger partial charge is 0.258 e. The minimum absolute atomic E-state index is 0.172. The first-order valence-corrected chi connectivity index (χ1v) is 6.18. The van der Waals surface area contributed by atoms with Crippen LogP contribution in [0.15, 0.2) is 18.2 Å². The van der Waals surface area contributed by atoms with Gasteiger partial charge in [0.25, 0.3) is 5.91 Å². The van der Waals surface area contributed by atoms with Crippen LogP contribution in [0.5, 0.6) is 0 Å². The van der Waals surface area contributed by atoms with E-state index in [1.54, 1.807) is 0 Å². The van der Waals surface area contributed by atoms with E-state index in [1.165, 1.54) is 0 Å². The molecule has 1 aromatic carbocycles. The van der Waals surface area contributed by atoms with Crippen molar-refractivity contribution in [2.75, 3.05) is 13.2 Å². The second kappa shape index (κ2) is 3.92. The van der Waals surface area contributed by atoms with Crippen molar-refractivity contribution in [1.82, 2.24) is 5.32 Å². The zero-order chi connectivity index (χ0) is 12.8. The summed E-state index contributed by atoms with van der Waals surface area (Å²) >= 11 is 0. The number of ether oxygens (including phenoxy) is 1. The summed E-state index contributed by atoms with van der Waals surface area (Å²) in [6.45, 7) is 3.11. The Hall–Kier alpha value is -1.68.